The molecule has 50 heavy (non-hydrogen) atoms. The van der Waals surface area contributed by atoms with Gasteiger partial charge >= 0.3 is 11.9 Å². The first-order chi connectivity index (χ1) is 23.9. The van der Waals surface area contributed by atoms with Crippen LogP contribution in [0.15, 0.2) is 30.5 Å². The number of rotatable bonds is 13. The van der Waals surface area contributed by atoms with Crippen molar-refractivity contribution in [3.8, 4) is 0 Å². The predicted octanol–water partition coefficient (Wildman–Crippen LogP) is 8.19. The Labute approximate surface area is 304 Å². The van der Waals surface area contributed by atoms with Crippen LogP contribution in [0.4, 0.5) is 5.69 Å². The van der Waals surface area contributed by atoms with Crippen molar-refractivity contribution in [1.29, 1.82) is 0 Å². The molecule has 0 radical (unpaired) electrons. The number of ether oxygens (including phenoxy) is 2. The van der Waals surface area contributed by atoms with E-state index in [9.17, 15) is 14.7 Å². The number of pyridine rings is 1. The summed E-state index contributed by atoms with van der Waals surface area (Å²) < 4.78 is 12.5. The Hall–Kier alpha value is -2.42. The number of unbranched alkanes of at least 4 members (excludes halogenated alkanes) is 1. The number of nitrogens with zero attached hydrogens (tertiary/aromatic N) is 1. The lowest BCUT2D eigenvalue weighted by Gasteiger charge is -2.64. The van der Waals surface area contributed by atoms with E-state index in [2.05, 4.69) is 36.4 Å². The average molecular weight is 710 g/mol. The van der Waals surface area contributed by atoms with Gasteiger partial charge in [0.1, 0.15) is 12.2 Å². The standard InChI is InChI=1S/C41H60ClN3O5/c1-25(9-8-18-43-17-6-7-19-44-35-15-20-45-36-23-29(42)10-11-31(35)36)32-12-13-33-39-34(24-38(41(32,33)5)50-27(3)47)40(4)16-14-30(48)21-28(40)22-37(39)49-26(2)46/h10-11,15,20,23,25,28,30,32-34,37-39,43,48H,6-9,12-14,16-19,21-22,24H2,1-5H3,(H,44,45)/t25-,28+,30-,32-,33+,34+,37-,38+,39+,40+,41-/m1/s1. The van der Waals surface area contributed by atoms with Crippen LogP contribution in [0.2, 0.25) is 5.02 Å². The van der Waals surface area contributed by atoms with Crippen LogP contribution in [0.25, 0.3) is 10.9 Å². The SMILES string of the molecule is CC(=O)O[C@H]1C[C@H]2[C@@H]([C@H](OC(C)=O)C[C@@H]3C[C@H](O)CC[C@@]32C)[C@@H]2CC[C@H]([C@H](C)CCCNCCCCNc3ccnc4cc(Cl)ccc34)[C@@]12C. The van der Waals surface area contributed by atoms with Crippen molar-refractivity contribution in [2.75, 3.05) is 25.0 Å². The first kappa shape index (κ1) is 37.3. The molecule has 1 heterocycles. The molecule has 9 heteroatoms. The van der Waals surface area contributed by atoms with E-state index >= 15 is 0 Å². The van der Waals surface area contributed by atoms with E-state index in [0.29, 0.717) is 34.6 Å². The van der Waals surface area contributed by atoms with Gasteiger partial charge in [-0.05, 0) is 143 Å². The van der Waals surface area contributed by atoms with E-state index < -0.39 is 0 Å². The number of hydrogen-bond donors (Lipinski definition) is 3. The highest BCUT2D eigenvalue weighted by Gasteiger charge is 2.67. The monoisotopic (exact) mass is 709 g/mol. The first-order valence-corrected chi connectivity index (χ1v) is 19.8. The predicted molar refractivity (Wildman–Crippen MR) is 199 cm³/mol. The Bertz CT molecular complexity index is 1510. The number of anilines is 1. The van der Waals surface area contributed by atoms with Crippen LogP contribution in [-0.4, -0.2) is 60.0 Å². The van der Waals surface area contributed by atoms with Gasteiger partial charge in [-0.3, -0.25) is 14.6 Å². The number of aliphatic hydroxyl groups excluding tert-OH is 1. The Morgan fingerprint density at radius 1 is 0.980 bits per heavy atom. The fraction of sp³-hybridized carbons (Fsp3) is 0.732. The molecule has 4 fully saturated rings. The molecule has 1 aromatic heterocycles. The van der Waals surface area contributed by atoms with Crippen LogP contribution in [0, 0.1) is 46.3 Å². The molecule has 0 aliphatic heterocycles. The molecule has 8 nitrogen and oxygen atoms in total. The third-order valence-corrected chi connectivity index (χ3v) is 14.1. The Morgan fingerprint density at radius 3 is 2.52 bits per heavy atom. The lowest BCUT2D eigenvalue weighted by atomic mass is 9.43. The number of carbonyl (C=O) groups is 2. The smallest absolute Gasteiger partial charge is 0.302 e. The van der Waals surface area contributed by atoms with Crippen LogP contribution in [0.5, 0.6) is 0 Å². The summed E-state index contributed by atoms with van der Waals surface area (Å²) in [4.78, 5) is 29.5. The average Bonchev–Trinajstić information content (AvgIpc) is 3.42. The maximum Gasteiger partial charge on any atom is 0.302 e. The molecule has 0 bridgehead atoms. The van der Waals surface area contributed by atoms with Crippen molar-refractivity contribution in [2.24, 2.45) is 46.3 Å². The van der Waals surface area contributed by atoms with Gasteiger partial charge in [0.25, 0.3) is 0 Å². The third-order valence-electron chi connectivity index (χ3n) is 13.9. The van der Waals surface area contributed by atoms with Crippen molar-refractivity contribution in [3.05, 3.63) is 35.5 Å². The second-order valence-electron chi connectivity index (χ2n) is 16.7. The van der Waals surface area contributed by atoms with Gasteiger partial charge in [-0.25, -0.2) is 0 Å². The van der Waals surface area contributed by atoms with Crippen LogP contribution in [0.3, 0.4) is 0 Å². The zero-order valence-electron chi connectivity index (χ0n) is 30.9. The molecule has 0 amide bonds. The number of benzene rings is 1. The second-order valence-corrected chi connectivity index (χ2v) is 17.1. The molecular weight excluding hydrogens is 650 g/mol. The lowest BCUT2D eigenvalue weighted by molar-refractivity contribution is -0.223. The molecule has 0 saturated heterocycles. The highest BCUT2D eigenvalue weighted by atomic mass is 35.5. The first-order valence-electron chi connectivity index (χ1n) is 19.4. The quantitative estimate of drug-likeness (QED) is 0.141. The Balaban J connectivity index is 1.03. The van der Waals surface area contributed by atoms with E-state index in [-0.39, 0.29) is 47.0 Å². The number of hydrogen-bond acceptors (Lipinski definition) is 8. The molecule has 4 aliphatic carbocycles. The molecule has 11 atom stereocenters. The number of halogens is 1. The fourth-order valence-electron chi connectivity index (χ4n) is 11.5. The summed E-state index contributed by atoms with van der Waals surface area (Å²) in [6.45, 7) is 13.2. The Morgan fingerprint density at radius 2 is 1.74 bits per heavy atom. The highest BCUT2D eigenvalue weighted by Crippen LogP contribution is 2.69. The topological polar surface area (TPSA) is 110 Å². The summed E-state index contributed by atoms with van der Waals surface area (Å²) in [6, 6.07) is 7.86. The molecule has 3 N–H and O–H groups in total. The third kappa shape index (κ3) is 7.54. The number of fused-ring (bicyclic) bond motifs is 6. The van der Waals surface area contributed by atoms with E-state index in [1.807, 2.05) is 30.5 Å². The molecule has 0 unspecified atom stereocenters. The van der Waals surface area contributed by atoms with Gasteiger partial charge in [0.05, 0.1) is 11.6 Å². The zero-order valence-corrected chi connectivity index (χ0v) is 31.6. The van der Waals surface area contributed by atoms with E-state index in [1.54, 1.807) is 6.92 Å². The normalized spacial score (nSPS) is 35.4. The molecule has 2 aromatic rings. The number of esters is 2. The lowest BCUT2D eigenvalue weighted by Crippen LogP contribution is -2.63. The van der Waals surface area contributed by atoms with E-state index in [0.717, 1.165) is 107 Å². The summed E-state index contributed by atoms with van der Waals surface area (Å²) in [5.41, 5.74) is 1.89. The van der Waals surface area contributed by atoms with E-state index in [1.165, 1.54) is 6.92 Å². The summed E-state index contributed by atoms with van der Waals surface area (Å²) in [6.07, 6.45) is 12.1. The van der Waals surface area contributed by atoms with Crippen molar-refractivity contribution in [3.63, 3.8) is 0 Å². The highest BCUT2D eigenvalue weighted by molar-refractivity contribution is 6.31. The molecule has 6 rings (SSSR count). The number of aromatic nitrogens is 1. The van der Waals surface area contributed by atoms with Gasteiger partial charge in [-0.1, -0.05) is 32.4 Å². The molecule has 4 saturated carbocycles. The minimum atomic E-state index is -0.288. The van der Waals surface area contributed by atoms with Crippen molar-refractivity contribution < 1.29 is 24.2 Å². The van der Waals surface area contributed by atoms with Gasteiger partial charge in [-0.15, -0.1) is 0 Å². The fourth-order valence-corrected chi connectivity index (χ4v) is 11.7. The summed E-state index contributed by atoms with van der Waals surface area (Å²) >= 11 is 6.14. The van der Waals surface area contributed by atoms with Gasteiger partial charge in [0, 0.05) is 54.0 Å². The van der Waals surface area contributed by atoms with Crippen LogP contribution in [-0.2, 0) is 19.1 Å². The summed E-state index contributed by atoms with van der Waals surface area (Å²) in [7, 11) is 0. The van der Waals surface area contributed by atoms with Crippen LogP contribution in [0.1, 0.15) is 105 Å². The van der Waals surface area contributed by atoms with Gasteiger partial charge in [-0.2, -0.15) is 0 Å². The summed E-state index contributed by atoms with van der Waals surface area (Å²) in [5.74, 6) is 1.74. The number of carbonyl (C=O) groups excluding carboxylic acids is 2. The zero-order chi connectivity index (χ0) is 35.6. The van der Waals surface area contributed by atoms with Crippen LogP contribution >= 0.6 is 11.6 Å². The molecule has 1 aromatic carbocycles. The summed E-state index contributed by atoms with van der Waals surface area (Å²) in [5, 5.41) is 19.7. The molecule has 4 aliphatic rings. The minimum Gasteiger partial charge on any atom is -0.462 e. The Kier molecular flexibility index (Phi) is 11.7. The van der Waals surface area contributed by atoms with Crippen LogP contribution < -0.4 is 10.6 Å². The molecule has 276 valence electrons. The van der Waals surface area contributed by atoms with Crippen molar-refractivity contribution >= 4 is 40.1 Å². The molecular formula is C41H60ClN3O5. The van der Waals surface area contributed by atoms with Gasteiger partial charge in [0.15, 0.2) is 0 Å². The molecule has 0 spiro atoms. The number of nitrogens with one attached hydrogen (secondary N) is 2. The van der Waals surface area contributed by atoms with Crippen molar-refractivity contribution in [1.82, 2.24) is 10.3 Å². The second kappa shape index (κ2) is 15.7. The van der Waals surface area contributed by atoms with Gasteiger partial charge < -0.3 is 25.2 Å². The van der Waals surface area contributed by atoms with Crippen molar-refractivity contribution in [2.45, 2.75) is 124 Å². The number of aliphatic hydroxyl groups is 1. The maximum absolute atomic E-state index is 12.6. The minimum absolute atomic E-state index is 0.0495. The maximum atomic E-state index is 12.6. The van der Waals surface area contributed by atoms with Gasteiger partial charge in [0.2, 0.25) is 0 Å². The largest absolute Gasteiger partial charge is 0.462 e. The van der Waals surface area contributed by atoms with E-state index in [4.69, 9.17) is 21.1 Å².